The first kappa shape index (κ1) is 20.5. The lowest BCUT2D eigenvalue weighted by atomic mass is 9.78. The maximum absolute atomic E-state index is 11.9. The van der Waals surface area contributed by atoms with Crippen LogP contribution < -0.4 is 22.9 Å². The van der Waals surface area contributed by atoms with E-state index in [2.05, 4.69) is 6.58 Å². The molecular formula is C21H20N4O5. The molecule has 1 atom stereocenters. The van der Waals surface area contributed by atoms with E-state index in [4.69, 9.17) is 22.9 Å². The SMILES string of the molecule is C=C1C(N)=C(O)C(c2ccc(N)cc2C(=O)O)=C(c2ccc(N)cc2C(=O)O)C1N. The smallest absolute Gasteiger partial charge is 0.336 e. The van der Waals surface area contributed by atoms with Gasteiger partial charge in [0, 0.05) is 22.5 Å². The molecule has 0 radical (unpaired) electrons. The molecule has 9 nitrogen and oxygen atoms in total. The highest BCUT2D eigenvalue weighted by molar-refractivity contribution is 6.10. The topological polar surface area (TPSA) is 199 Å². The average Bonchev–Trinajstić information content (AvgIpc) is 2.69. The highest BCUT2D eigenvalue weighted by Crippen LogP contribution is 2.43. The van der Waals surface area contributed by atoms with Crippen LogP contribution in [-0.4, -0.2) is 33.3 Å². The Morgan fingerprint density at radius 2 is 1.33 bits per heavy atom. The number of aliphatic hydroxyl groups is 1. The fourth-order valence-corrected chi connectivity index (χ4v) is 3.42. The number of carboxylic acids is 2. The van der Waals surface area contributed by atoms with Gasteiger partial charge >= 0.3 is 11.9 Å². The zero-order valence-electron chi connectivity index (χ0n) is 15.7. The Hall–Kier alpha value is -4.24. The second-order valence-corrected chi connectivity index (χ2v) is 6.77. The van der Waals surface area contributed by atoms with Crippen LogP contribution in [0, 0.1) is 0 Å². The molecule has 3 rings (SSSR count). The number of rotatable bonds is 4. The fraction of sp³-hybridized carbons (Fsp3) is 0.0476. The maximum Gasteiger partial charge on any atom is 0.336 e. The zero-order chi connectivity index (χ0) is 22.3. The molecule has 2 aromatic carbocycles. The average molecular weight is 408 g/mol. The van der Waals surface area contributed by atoms with E-state index in [-0.39, 0.29) is 56.0 Å². The van der Waals surface area contributed by atoms with E-state index < -0.39 is 23.7 Å². The van der Waals surface area contributed by atoms with Gasteiger partial charge in [0.1, 0.15) is 5.76 Å². The quantitative estimate of drug-likeness (QED) is 0.368. The maximum atomic E-state index is 11.9. The lowest BCUT2D eigenvalue weighted by Crippen LogP contribution is -2.33. The van der Waals surface area contributed by atoms with Gasteiger partial charge in [0.05, 0.1) is 22.9 Å². The molecule has 1 aliphatic rings. The van der Waals surface area contributed by atoms with E-state index in [1.165, 1.54) is 36.4 Å². The van der Waals surface area contributed by atoms with Gasteiger partial charge in [0.25, 0.3) is 0 Å². The van der Waals surface area contributed by atoms with Crippen molar-refractivity contribution in [2.45, 2.75) is 6.04 Å². The number of anilines is 2. The van der Waals surface area contributed by atoms with Crippen LogP contribution >= 0.6 is 0 Å². The first-order valence-corrected chi connectivity index (χ1v) is 8.69. The van der Waals surface area contributed by atoms with Crippen LogP contribution in [0.4, 0.5) is 11.4 Å². The Bertz CT molecular complexity index is 1180. The molecule has 30 heavy (non-hydrogen) atoms. The second kappa shape index (κ2) is 7.30. The van der Waals surface area contributed by atoms with Crippen LogP contribution in [0.1, 0.15) is 31.8 Å². The normalized spacial score (nSPS) is 16.7. The Morgan fingerprint density at radius 1 is 0.867 bits per heavy atom. The zero-order valence-corrected chi connectivity index (χ0v) is 15.7. The molecule has 0 amide bonds. The number of aromatic carboxylic acids is 2. The minimum Gasteiger partial charge on any atom is -0.505 e. The number of benzene rings is 2. The van der Waals surface area contributed by atoms with Gasteiger partial charge in [0.15, 0.2) is 0 Å². The van der Waals surface area contributed by atoms with E-state index in [0.29, 0.717) is 0 Å². The molecule has 1 unspecified atom stereocenters. The van der Waals surface area contributed by atoms with Crippen LogP contribution in [-0.2, 0) is 0 Å². The highest BCUT2D eigenvalue weighted by Gasteiger charge is 2.34. The van der Waals surface area contributed by atoms with Crippen LogP contribution in [0.2, 0.25) is 0 Å². The van der Waals surface area contributed by atoms with Crippen molar-refractivity contribution in [3.8, 4) is 0 Å². The third-order valence-corrected chi connectivity index (χ3v) is 4.90. The van der Waals surface area contributed by atoms with E-state index in [1.807, 2.05) is 0 Å². The van der Waals surface area contributed by atoms with Crippen molar-refractivity contribution in [2.24, 2.45) is 11.5 Å². The molecule has 154 valence electrons. The van der Waals surface area contributed by atoms with E-state index in [0.717, 1.165) is 0 Å². The van der Waals surface area contributed by atoms with Gasteiger partial charge in [-0.25, -0.2) is 9.59 Å². The lowest BCUT2D eigenvalue weighted by Gasteiger charge is -2.30. The van der Waals surface area contributed by atoms with Crippen molar-refractivity contribution in [3.63, 3.8) is 0 Å². The monoisotopic (exact) mass is 408 g/mol. The van der Waals surface area contributed by atoms with Crippen molar-refractivity contribution in [1.82, 2.24) is 0 Å². The van der Waals surface area contributed by atoms with Gasteiger partial charge in [-0.3, -0.25) is 0 Å². The summed E-state index contributed by atoms with van der Waals surface area (Å²) < 4.78 is 0. The number of hydrogen-bond donors (Lipinski definition) is 7. The second-order valence-electron chi connectivity index (χ2n) is 6.77. The Labute approximate surface area is 171 Å². The number of carboxylic acid groups (broad SMARTS) is 2. The molecule has 9 heteroatoms. The summed E-state index contributed by atoms with van der Waals surface area (Å²) in [5.41, 5.74) is 24.1. The number of nitrogen functional groups attached to an aromatic ring is 2. The van der Waals surface area contributed by atoms with Crippen LogP contribution in [0.15, 0.2) is 60.0 Å². The third kappa shape index (κ3) is 3.23. The van der Waals surface area contributed by atoms with Crippen LogP contribution in [0.5, 0.6) is 0 Å². The third-order valence-electron chi connectivity index (χ3n) is 4.90. The summed E-state index contributed by atoms with van der Waals surface area (Å²) in [4.78, 5) is 23.7. The Morgan fingerprint density at radius 3 is 1.83 bits per heavy atom. The summed E-state index contributed by atoms with van der Waals surface area (Å²) in [6.07, 6.45) is 0. The molecule has 1 aliphatic carbocycles. The summed E-state index contributed by atoms with van der Waals surface area (Å²) in [7, 11) is 0. The molecule has 0 saturated heterocycles. The highest BCUT2D eigenvalue weighted by atomic mass is 16.4. The summed E-state index contributed by atoms with van der Waals surface area (Å²) in [6, 6.07) is 7.22. The number of hydrogen-bond acceptors (Lipinski definition) is 7. The molecule has 11 N–H and O–H groups in total. The first-order chi connectivity index (χ1) is 14.0. The van der Waals surface area contributed by atoms with Crippen molar-refractivity contribution in [2.75, 3.05) is 11.5 Å². The van der Waals surface area contributed by atoms with Crippen molar-refractivity contribution >= 4 is 34.5 Å². The first-order valence-electron chi connectivity index (χ1n) is 8.69. The van der Waals surface area contributed by atoms with Gasteiger partial charge in [-0.1, -0.05) is 18.7 Å². The van der Waals surface area contributed by atoms with E-state index >= 15 is 0 Å². The number of nitrogens with two attached hydrogens (primary N) is 4. The van der Waals surface area contributed by atoms with Crippen LogP contribution in [0.25, 0.3) is 11.1 Å². The molecule has 2 aromatic rings. The minimum atomic E-state index is -1.30. The lowest BCUT2D eigenvalue weighted by molar-refractivity contribution is 0.0685. The predicted molar refractivity (Wildman–Crippen MR) is 113 cm³/mol. The summed E-state index contributed by atoms with van der Waals surface area (Å²) in [6.45, 7) is 3.78. The predicted octanol–water partition coefficient (Wildman–Crippen LogP) is 1.78. The van der Waals surface area contributed by atoms with Gasteiger partial charge in [-0.05, 0) is 41.0 Å². The minimum absolute atomic E-state index is 0.0166. The molecule has 0 saturated carbocycles. The van der Waals surface area contributed by atoms with Gasteiger partial charge in [-0.15, -0.1) is 0 Å². The molecule has 0 heterocycles. The number of allylic oxidation sites excluding steroid dienone is 1. The van der Waals surface area contributed by atoms with Crippen molar-refractivity contribution in [3.05, 3.63) is 82.3 Å². The summed E-state index contributed by atoms with van der Waals surface area (Å²) in [5, 5.41) is 30.2. The summed E-state index contributed by atoms with van der Waals surface area (Å²) in [5.74, 6) is -3.04. The number of carbonyl (C=O) groups is 2. The van der Waals surface area contributed by atoms with E-state index in [1.54, 1.807) is 0 Å². The molecule has 0 aromatic heterocycles. The van der Waals surface area contributed by atoms with Gasteiger partial charge in [-0.2, -0.15) is 0 Å². The van der Waals surface area contributed by atoms with Gasteiger partial charge < -0.3 is 38.3 Å². The Kier molecular flexibility index (Phi) is 4.99. The fourth-order valence-electron chi connectivity index (χ4n) is 3.42. The Balaban J connectivity index is 2.51. The molecule has 0 bridgehead atoms. The van der Waals surface area contributed by atoms with Crippen molar-refractivity contribution in [1.29, 1.82) is 0 Å². The molecular weight excluding hydrogens is 388 g/mol. The standard InChI is InChI=1S/C21H20N4O5/c1-8-17(24)15(11-4-2-9(22)6-13(11)20(27)28)16(19(26)18(8)25)12-5-3-10(23)7-14(12)21(29)30/h2-7,17,26H,1,22-25H2,(H,27,28)(H,29,30). The van der Waals surface area contributed by atoms with Crippen LogP contribution in [0.3, 0.4) is 0 Å². The number of aliphatic hydroxyl groups excluding tert-OH is 1. The van der Waals surface area contributed by atoms with Gasteiger partial charge in [0.2, 0.25) is 0 Å². The largest absolute Gasteiger partial charge is 0.505 e. The molecule has 0 aliphatic heterocycles. The van der Waals surface area contributed by atoms with Crippen molar-refractivity contribution < 1.29 is 24.9 Å². The van der Waals surface area contributed by atoms with E-state index in [9.17, 15) is 24.9 Å². The molecule has 0 fully saturated rings. The summed E-state index contributed by atoms with van der Waals surface area (Å²) >= 11 is 0. The molecule has 0 spiro atoms.